The number of nitrogens with zero attached hydrogens (tertiary/aromatic N) is 1. The van der Waals surface area contributed by atoms with Gasteiger partial charge in [-0.3, -0.25) is 0 Å². The predicted octanol–water partition coefficient (Wildman–Crippen LogP) is 3.75. The minimum Gasteiger partial charge on any atom is -0.332 e. The zero-order valence-corrected chi connectivity index (χ0v) is 11.7. The Morgan fingerprint density at radius 2 is 2.32 bits per heavy atom. The summed E-state index contributed by atoms with van der Waals surface area (Å²) in [5.41, 5.74) is 1.82. The Labute approximate surface area is 118 Å². The molecule has 1 atom stereocenters. The minimum atomic E-state index is -0.256. The van der Waals surface area contributed by atoms with Crippen molar-refractivity contribution in [2.24, 2.45) is 0 Å². The first-order chi connectivity index (χ1) is 9.16. The number of pyridine rings is 1. The molecule has 2 N–H and O–H groups in total. The number of anilines is 1. The molecule has 2 amide bonds. The lowest BCUT2D eigenvalue weighted by molar-refractivity contribution is 0.250. The third kappa shape index (κ3) is 3.96. The summed E-state index contributed by atoms with van der Waals surface area (Å²) in [5.74, 6) is 0. The molecule has 0 saturated heterocycles. The van der Waals surface area contributed by atoms with E-state index in [1.807, 2.05) is 6.92 Å². The molecule has 1 heterocycles. The fourth-order valence-corrected chi connectivity index (χ4v) is 2.35. The van der Waals surface area contributed by atoms with Gasteiger partial charge in [0.25, 0.3) is 0 Å². The summed E-state index contributed by atoms with van der Waals surface area (Å²) in [7, 11) is 0. The van der Waals surface area contributed by atoms with Crippen molar-refractivity contribution in [1.29, 1.82) is 0 Å². The molecule has 1 aliphatic rings. The van der Waals surface area contributed by atoms with Gasteiger partial charge in [0.05, 0.1) is 5.69 Å². The lowest BCUT2D eigenvalue weighted by atomic mass is 9.95. The molecule has 2 rings (SSSR count). The van der Waals surface area contributed by atoms with E-state index in [2.05, 4.69) is 21.7 Å². The summed E-state index contributed by atoms with van der Waals surface area (Å²) in [4.78, 5) is 15.8. The van der Waals surface area contributed by atoms with Crippen molar-refractivity contribution < 1.29 is 4.79 Å². The van der Waals surface area contributed by atoms with Crippen LogP contribution in [0, 0.1) is 0 Å². The fraction of sp³-hybridized carbons (Fsp3) is 0.429. The van der Waals surface area contributed by atoms with E-state index in [-0.39, 0.29) is 12.1 Å². The van der Waals surface area contributed by atoms with E-state index in [0.717, 1.165) is 12.8 Å². The first-order valence-corrected chi connectivity index (χ1v) is 6.91. The third-order valence-corrected chi connectivity index (χ3v) is 3.54. The van der Waals surface area contributed by atoms with Gasteiger partial charge in [0.15, 0.2) is 5.15 Å². The second-order valence-electron chi connectivity index (χ2n) is 4.69. The largest absolute Gasteiger partial charge is 0.332 e. The van der Waals surface area contributed by atoms with Gasteiger partial charge in [-0.05, 0) is 44.7 Å². The zero-order chi connectivity index (χ0) is 13.7. The lowest BCUT2D eigenvalue weighted by Gasteiger charge is -2.21. The monoisotopic (exact) mass is 279 g/mol. The lowest BCUT2D eigenvalue weighted by Crippen LogP contribution is -2.37. The van der Waals surface area contributed by atoms with Gasteiger partial charge in [0, 0.05) is 12.2 Å². The summed E-state index contributed by atoms with van der Waals surface area (Å²) >= 11 is 5.89. The van der Waals surface area contributed by atoms with Crippen LogP contribution >= 0.6 is 11.6 Å². The Morgan fingerprint density at radius 3 is 3.00 bits per heavy atom. The molecule has 0 radical (unpaired) electrons. The maximum absolute atomic E-state index is 11.9. The van der Waals surface area contributed by atoms with Crippen LogP contribution in [0.1, 0.15) is 32.6 Å². The maximum atomic E-state index is 11.9. The molecule has 0 spiro atoms. The average molecular weight is 280 g/mol. The fourth-order valence-electron chi connectivity index (χ4n) is 2.18. The van der Waals surface area contributed by atoms with Crippen LogP contribution in [-0.4, -0.2) is 17.1 Å². The highest BCUT2D eigenvalue weighted by molar-refractivity contribution is 6.32. The minimum absolute atomic E-state index is 0.0516. The number of carbonyl (C=O) groups is 1. The summed E-state index contributed by atoms with van der Waals surface area (Å²) in [6.45, 7) is 2.00. The zero-order valence-electron chi connectivity index (χ0n) is 10.9. The van der Waals surface area contributed by atoms with E-state index in [1.165, 1.54) is 18.4 Å². The second kappa shape index (κ2) is 6.57. The number of hydrogen-bond donors (Lipinski definition) is 2. The highest BCUT2D eigenvalue weighted by Crippen LogP contribution is 2.21. The summed E-state index contributed by atoms with van der Waals surface area (Å²) < 4.78 is 0. The van der Waals surface area contributed by atoms with Crippen LogP contribution in [-0.2, 0) is 0 Å². The number of carbonyl (C=O) groups excluding carboxylic acids is 1. The molecule has 102 valence electrons. The van der Waals surface area contributed by atoms with Crippen LogP contribution in [0.25, 0.3) is 0 Å². The van der Waals surface area contributed by atoms with E-state index in [4.69, 9.17) is 11.6 Å². The third-order valence-electron chi connectivity index (χ3n) is 3.24. The highest BCUT2D eigenvalue weighted by atomic mass is 35.5. The SMILES string of the molecule is C[C@@H](NC(=O)Nc1cccnc1Cl)C1=CCCCC1. The van der Waals surface area contributed by atoms with Crippen molar-refractivity contribution >= 4 is 23.3 Å². The molecule has 1 aromatic heterocycles. The van der Waals surface area contributed by atoms with Gasteiger partial charge in [-0.2, -0.15) is 0 Å². The molecule has 0 fully saturated rings. The Bertz CT molecular complexity index is 487. The van der Waals surface area contributed by atoms with E-state index < -0.39 is 0 Å². The standard InChI is InChI=1S/C14H18ClN3O/c1-10(11-6-3-2-4-7-11)17-14(19)18-12-8-5-9-16-13(12)15/h5-6,8-10H,2-4,7H2,1H3,(H2,17,18,19)/t10-/m1/s1. The number of aromatic nitrogens is 1. The molecule has 0 unspecified atom stereocenters. The van der Waals surface area contributed by atoms with Crippen molar-refractivity contribution in [2.75, 3.05) is 5.32 Å². The van der Waals surface area contributed by atoms with Gasteiger partial charge in [-0.1, -0.05) is 23.3 Å². The van der Waals surface area contributed by atoms with Gasteiger partial charge in [0.2, 0.25) is 0 Å². The molecule has 4 nitrogen and oxygen atoms in total. The quantitative estimate of drug-likeness (QED) is 0.654. The first kappa shape index (κ1) is 13.9. The topological polar surface area (TPSA) is 54.0 Å². The normalized spacial score (nSPS) is 16.4. The predicted molar refractivity (Wildman–Crippen MR) is 77.4 cm³/mol. The Balaban J connectivity index is 1.91. The van der Waals surface area contributed by atoms with E-state index >= 15 is 0 Å². The van der Waals surface area contributed by atoms with Gasteiger partial charge in [-0.15, -0.1) is 0 Å². The Morgan fingerprint density at radius 1 is 1.47 bits per heavy atom. The number of rotatable bonds is 3. The molecule has 5 heteroatoms. The Kier molecular flexibility index (Phi) is 4.80. The number of amides is 2. The van der Waals surface area contributed by atoms with Gasteiger partial charge < -0.3 is 10.6 Å². The number of hydrogen-bond acceptors (Lipinski definition) is 2. The average Bonchev–Trinajstić information content (AvgIpc) is 2.42. The molecular formula is C14H18ClN3O. The number of allylic oxidation sites excluding steroid dienone is 1. The molecule has 0 aliphatic heterocycles. The summed E-state index contributed by atoms with van der Waals surface area (Å²) in [6, 6.07) is 3.25. The summed E-state index contributed by atoms with van der Waals surface area (Å²) in [5, 5.41) is 5.92. The van der Waals surface area contributed by atoms with Crippen molar-refractivity contribution in [3.05, 3.63) is 35.1 Å². The maximum Gasteiger partial charge on any atom is 0.319 e. The van der Waals surface area contributed by atoms with Gasteiger partial charge in [0.1, 0.15) is 0 Å². The van der Waals surface area contributed by atoms with E-state index in [9.17, 15) is 4.79 Å². The Hall–Kier alpha value is -1.55. The second-order valence-corrected chi connectivity index (χ2v) is 5.04. The van der Waals surface area contributed by atoms with Crippen molar-refractivity contribution in [2.45, 2.75) is 38.6 Å². The van der Waals surface area contributed by atoms with Crippen LogP contribution in [0.5, 0.6) is 0 Å². The van der Waals surface area contributed by atoms with Crippen LogP contribution in [0.2, 0.25) is 5.15 Å². The molecular weight excluding hydrogens is 262 g/mol. The number of urea groups is 1. The van der Waals surface area contributed by atoms with Crippen molar-refractivity contribution in [3.63, 3.8) is 0 Å². The molecule has 19 heavy (non-hydrogen) atoms. The molecule has 0 aromatic carbocycles. The van der Waals surface area contributed by atoms with E-state index in [0.29, 0.717) is 10.8 Å². The number of halogens is 1. The van der Waals surface area contributed by atoms with Gasteiger partial charge >= 0.3 is 6.03 Å². The van der Waals surface area contributed by atoms with E-state index in [1.54, 1.807) is 18.3 Å². The molecule has 0 bridgehead atoms. The van der Waals surface area contributed by atoms with Crippen LogP contribution < -0.4 is 10.6 Å². The van der Waals surface area contributed by atoms with Crippen LogP contribution in [0.15, 0.2) is 30.0 Å². The van der Waals surface area contributed by atoms with Crippen LogP contribution in [0.3, 0.4) is 0 Å². The highest BCUT2D eigenvalue weighted by Gasteiger charge is 2.14. The van der Waals surface area contributed by atoms with Crippen LogP contribution in [0.4, 0.5) is 10.5 Å². The first-order valence-electron chi connectivity index (χ1n) is 6.54. The van der Waals surface area contributed by atoms with Gasteiger partial charge in [-0.25, -0.2) is 9.78 Å². The number of nitrogens with one attached hydrogen (secondary N) is 2. The molecule has 1 aromatic rings. The molecule has 1 aliphatic carbocycles. The summed E-state index contributed by atoms with van der Waals surface area (Å²) in [6.07, 6.45) is 8.43. The van der Waals surface area contributed by atoms with Crippen molar-refractivity contribution in [1.82, 2.24) is 10.3 Å². The smallest absolute Gasteiger partial charge is 0.319 e. The molecule has 0 saturated carbocycles. The van der Waals surface area contributed by atoms with Crippen molar-refractivity contribution in [3.8, 4) is 0 Å².